The molecule has 0 radical (unpaired) electrons. The largest absolute Gasteiger partial charge is 0.395 e. The predicted molar refractivity (Wildman–Crippen MR) is 68.1 cm³/mol. The Morgan fingerprint density at radius 2 is 1.94 bits per heavy atom. The van der Waals surface area contributed by atoms with Crippen LogP contribution in [-0.2, 0) is 6.42 Å². The average molecular weight is 232 g/mol. The van der Waals surface area contributed by atoms with Crippen LogP contribution in [0.1, 0.15) is 48.5 Å². The molecule has 0 atom stereocenters. The zero-order valence-electron chi connectivity index (χ0n) is 10.4. The molecule has 0 amide bonds. The number of Topliss-reactive ketones (excluding diaryl/α,β-unsaturated/α-hetero) is 1. The fourth-order valence-electron chi connectivity index (χ4n) is 2.48. The Bertz CT molecular complexity index is 382. The van der Waals surface area contributed by atoms with Gasteiger partial charge < -0.3 is 5.11 Å². The van der Waals surface area contributed by atoms with Gasteiger partial charge in [-0.15, -0.1) is 0 Å². The van der Waals surface area contributed by atoms with Gasteiger partial charge in [0.2, 0.25) is 0 Å². The minimum absolute atomic E-state index is 0.0114. The van der Waals surface area contributed by atoms with Crippen molar-refractivity contribution in [1.29, 1.82) is 0 Å². The van der Waals surface area contributed by atoms with Crippen LogP contribution in [0, 0.1) is 5.41 Å². The van der Waals surface area contributed by atoms with E-state index in [1.165, 1.54) is 5.56 Å². The van der Waals surface area contributed by atoms with Gasteiger partial charge in [0.1, 0.15) is 0 Å². The number of ketones is 1. The summed E-state index contributed by atoms with van der Waals surface area (Å²) in [6.45, 7) is 2.14. The molecule has 0 spiro atoms. The van der Waals surface area contributed by atoms with Gasteiger partial charge in [-0.2, -0.15) is 0 Å². The fraction of sp³-hybridized carbons (Fsp3) is 0.533. The first kappa shape index (κ1) is 12.3. The van der Waals surface area contributed by atoms with Gasteiger partial charge in [-0.05, 0) is 24.8 Å². The Morgan fingerprint density at radius 3 is 2.35 bits per heavy atom. The lowest BCUT2D eigenvalue weighted by Gasteiger charge is -2.38. The summed E-state index contributed by atoms with van der Waals surface area (Å²) in [5, 5.41) is 9.39. The SMILES string of the molecule is CCCc1ccc(C(=O)C2(CO)CCC2)cc1. The van der Waals surface area contributed by atoms with Crippen molar-refractivity contribution in [2.24, 2.45) is 5.41 Å². The van der Waals surface area contributed by atoms with Crippen molar-refractivity contribution in [2.75, 3.05) is 6.61 Å². The van der Waals surface area contributed by atoms with Gasteiger partial charge in [-0.25, -0.2) is 0 Å². The molecule has 1 aromatic rings. The Morgan fingerprint density at radius 1 is 1.29 bits per heavy atom. The first-order chi connectivity index (χ1) is 8.22. The van der Waals surface area contributed by atoms with Crippen molar-refractivity contribution in [3.05, 3.63) is 35.4 Å². The molecule has 1 fully saturated rings. The van der Waals surface area contributed by atoms with Crippen LogP contribution in [0.25, 0.3) is 0 Å². The van der Waals surface area contributed by atoms with Crippen LogP contribution in [0.5, 0.6) is 0 Å². The summed E-state index contributed by atoms with van der Waals surface area (Å²) in [5.41, 5.74) is 1.56. The van der Waals surface area contributed by atoms with E-state index >= 15 is 0 Å². The molecule has 1 saturated carbocycles. The van der Waals surface area contributed by atoms with Gasteiger partial charge in [-0.1, -0.05) is 44.0 Å². The Kier molecular flexibility index (Phi) is 3.63. The maximum Gasteiger partial charge on any atom is 0.171 e. The fourth-order valence-corrected chi connectivity index (χ4v) is 2.48. The molecular weight excluding hydrogens is 212 g/mol. The summed E-state index contributed by atoms with van der Waals surface area (Å²) in [7, 11) is 0. The maximum atomic E-state index is 12.3. The average Bonchev–Trinajstić information content (AvgIpc) is 2.29. The van der Waals surface area contributed by atoms with Gasteiger partial charge in [0.15, 0.2) is 5.78 Å². The molecule has 0 aliphatic heterocycles. The third-order valence-corrected chi connectivity index (χ3v) is 3.85. The minimum atomic E-state index is -0.466. The Balaban J connectivity index is 2.14. The highest BCUT2D eigenvalue weighted by Crippen LogP contribution is 2.43. The first-order valence-corrected chi connectivity index (χ1v) is 6.46. The van der Waals surface area contributed by atoms with Crippen molar-refractivity contribution in [1.82, 2.24) is 0 Å². The molecular formula is C15H20O2. The molecule has 0 aromatic heterocycles. The van der Waals surface area contributed by atoms with E-state index in [4.69, 9.17) is 0 Å². The van der Waals surface area contributed by atoms with E-state index in [1.807, 2.05) is 24.3 Å². The minimum Gasteiger partial charge on any atom is -0.395 e. The predicted octanol–water partition coefficient (Wildman–Crippen LogP) is 2.98. The maximum absolute atomic E-state index is 12.3. The molecule has 2 nitrogen and oxygen atoms in total. The van der Waals surface area contributed by atoms with Gasteiger partial charge >= 0.3 is 0 Å². The number of hydrogen-bond donors (Lipinski definition) is 1. The third kappa shape index (κ3) is 2.27. The smallest absolute Gasteiger partial charge is 0.171 e. The van der Waals surface area contributed by atoms with Gasteiger partial charge in [0.05, 0.1) is 12.0 Å². The summed E-state index contributed by atoms with van der Waals surface area (Å²) in [4.78, 5) is 12.3. The molecule has 2 heteroatoms. The van der Waals surface area contributed by atoms with Crippen LogP contribution in [0.2, 0.25) is 0 Å². The van der Waals surface area contributed by atoms with Crippen LogP contribution in [0.15, 0.2) is 24.3 Å². The molecule has 1 aromatic carbocycles. The van der Waals surface area contributed by atoms with Gasteiger partial charge in [0.25, 0.3) is 0 Å². The highest BCUT2D eigenvalue weighted by atomic mass is 16.3. The number of aliphatic hydroxyl groups is 1. The molecule has 0 unspecified atom stereocenters. The van der Waals surface area contributed by atoms with Crippen molar-refractivity contribution in [2.45, 2.75) is 39.0 Å². The standard InChI is InChI=1S/C15H20O2/c1-2-4-12-5-7-13(8-6-12)14(17)15(11-16)9-3-10-15/h5-8,16H,2-4,9-11H2,1H3. The zero-order chi connectivity index (χ0) is 12.3. The van der Waals surface area contributed by atoms with Crippen molar-refractivity contribution >= 4 is 5.78 Å². The number of rotatable bonds is 5. The summed E-state index contributed by atoms with van der Waals surface area (Å²) >= 11 is 0. The third-order valence-electron chi connectivity index (χ3n) is 3.85. The van der Waals surface area contributed by atoms with Crippen molar-refractivity contribution in [3.63, 3.8) is 0 Å². The van der Waals surface area contributed by atoms with E-state index in [0.717, 1.165) is 37.7 Å². The second-order valence-corrected chi connectivity index (χ2v) is 5.07. The molecule has 1 N–H and O–H groups in total. The Labute approximate surface area is 103 Å². The number of carbonyl (C=O) groups excluding carboxylic acids is 1. The van der Waals surface area contributed by atoms with Crippen LogP contribution >= 0.6 is 0 Å². The summed E-state index contributed by atoms with van der Waals surface area (Å²) in [5.74, 6) is 0.120. The van der Waals surface area contributed by atoms with Crippen LogP contribution < -0.4 is 0 Å². The molecule has 0 saturated heterocycles. The van der Waals surface area contributed by atoms with Crippen LogP contribution in [0.4, 0.5) is 0 Å². The molecule has 92 valence electrons. The normalized spacial score (nSPS) is 17.5. The lowest BCUT2D eigenvalue weighted by Crippen LogP contribution is -2.41. The van der Waals surface area contributed by atoms with Gasteiger partial charge in [0, 0.05) is 5.56 Å². The van der Waals surface area contributed by atoms with Crippen LogP contribution in [-0.4, -0.2) is 17.5 Å². The van der Waals surface area contributed by atoms with E-state index in [2.05, 4.69) is 6.92 Å². The second-order valence-electron chi connectivity index (χ2n) is 5.07. The molecule has 1 aliphatic carbocycles. The second kappa shape index (κ2) is 5.01. The zero-order valence-corrected chi connectivity index (χ0v) is 10.4. The highest BCUT2D eigenvalue weighted by Gasteiger charge is 2.43. The molecule has 1 aliphatic rings. The topological polar surface area (TPSA) is 37.3 Å². The molecule has 0 heterocycles. The number of aliphatic hydroxyl groups excluding tert-OH is 1. The number of carbonyl (C=O) groups is 1. The van der Waals surface area contributed by atoms with E-state index in [1.54, 1.807) is 0 Å². The first-order valence-electron chi connectivity index (χ1n) is 6.46. The summed E-state index contributed by atoms with van der Waals surface area (Å²) < 4.78 is 0. The lowest BCUT2D eigenvalue weighted by atomic mass is 9.65. The van der Waals surface area contributed by atoms with E-state index in [0.29, 0.717) is 0 Å². The Hall–Kier alpha value is -1.15. The molecule has 17 heavy (non-hydrogen) atoms. The van der Waals surface area contributed by atoms with E-state index < -0.39 is 5.41 Å². The lowest BCUT2D eigenvalue weighted by molar-refractivity contribution is 0.0348. The van der Waals surface area contributed by atoms with Gasteiger partial charge in [-0.3, -0.25) is 4.79 Å². The summed E-state index contributed by atoms with van der Waals surface area (Å²) in [6, 6.07) is 7.87. The highest BCUT2D eigenvalue weighted by molar-refractivity contribution is 6.01. The molecule has 2 rings (SSSR count). The number of benzene rings is 1. The number of aryl methyl sites for hydroxylation is 1. The summed E-state index contributed by atoms with van der Waals surface area (Å²) in [6.07, 6.45) is 4.89. The van der Waals surface area contributed by atoms with Crippen molar-refractivity contribution in [3.8, 4) is 0 Å². The van der Waals surface area contributed by atoms with E-state index in [9.17, 15) is 9.90 Å². The monoisotopic (exact) mass is 232 g/mol. The quantitative estimate of drug-likeness (QED) is 0.792. The van der Waals surface area contributed by atoms with E-state index in [-0.39, 0.29) is 12.4 Å². The number of hydrogen-bond acceptors (Lipinski definition) is 2. The molecule has 0 bridgehead atoms. The van der Waals surface area contributed by atoms with Crippen molar-refractivity contribution < 1.29 is 9.90 Å². The van der Waals surface area contributed by atoms with Crippen LogP contribution in [0.3, 0.4) is 0 Å².